The van der Waals surface area contributed by atoms with Gasteiger partial charge in [0.05, 0.1) is 11.8 Å². The number of rotatable bonds is 8. The predicted molar refractivity (Wildman–Crippen MR) is 79.0 cm³/mol. The van der Waals surface area contributed by atoms with Crippen LogP contribution in [0.15, 0.2) is 10.5 Å². The van der Waals surface area contributed by atoms with E-state index in [1.165, 1.54) is 0 Å². The predicted octanol–water partition coefficient (Wildman–Crippen LogP) is 1.72. The number of hydrogen-bond donors (Lipinski definition) is 2. The van der Waals surface area contributed by atoms with Crippen molar-refractivity contribution in [2.24, 2.45) is 0 Å². The lowest BCUT2D eigenvalue weighted by atomic mass is 9.97. The molecule has 6 nitrogen and oxygen atoms in total. The lowest BCUT2D eigenvalue weighted by Gasteiger charge is -2.23. The van der Waals surface area contributed by atoms with E-state index in [0.717, 1.165) is 0 Å². The number of aryl methyl sites for hydroxylation is 2. The molecule has 1 heterocycles. The Labute approximate surface area is 125 Å². The van der Waals surface area contributed by atoms with E-state index in [2.05, 4.69) is 4.72 Å². The van der Waals surface area contributed by atoms with E-state index in [4.69, 9.17) is 9.68 Å². The SMILES string of the molecule is Cc1cc(C(C)(O)CNS(=O)(=O)CCCCC#N)c(C)o1. The molecule has 2 N–H and O–H groups in total. The number of sulfonamides is 1. The van der Waals surface area contributed by atoms with Crippen molar-refractivity contribution in [2.45, 2.75) is 45.6 Å². The molecule has 0 aliphatic carbocycles. The first-order valence-electron chi connectivity index (χ1n) is 6.82. The molecule has 0 radical (unpaired) electrons. The van der Waals surface area contributed by atoms with Crippen molar-refractivity contribution in [3.05, 3.63) is 23.2 Å². The van der Waals surface area contributed by atoms with E-state index in [9.17, 15) is 13.5 Å². The maximum Gasteiger partial charge on any atom is 0.211 e. The Hall–Kier alpha value is -1.36. The summed E-state index contributed by atoms with van der Waals surface area (Å²) in [5.74, 6) is 1.20. The minimum atomic E-state index is -3.46. The van der Waals surface area contributed by atoms with Crippen LogP contribution in [0.5, 0.6) is 0 Å². The van der Waals surface area contributed by atoms with Crippen LogP contribution in [-0.4, -0.2) is 25.8 Å². The average Bonchev–Trinajstić information content (AvgIpc) is 2.73. The molecular formula is C14H22N2O4S. The summed E-state index contributed by atoms with van der Waals surface area (Å²) in [7, 11) is -3.46. The van der Waals surface area contributed by atoms with Crippen LogP contribution in [-0.2, 0) is 15.6 Å². The fourth-order valence-corrected chi connectivity index (χ4v) is 3.31. The average molecular weight is 314 g/mol. The Kier molecular flexibility index (Phi) is 5.96. The number of nitriles is 1. The standard InChI is InChI=1S/C14H22N2O4S/c1-11-9-13(12(2)20-11)14(3,17)10-16-21(18,19)8-6-4-5-7-15/h9,16-17H,4-6,8,10H2,1-3H3. The molecule has 1 unspecified atom stereocenters. The second-order valence-corrected chi connectivity index (χ2v) is 7.28. The molecule has 1 aromatic rings. The number of nitrogens with zero attached hydrogens (tertiary/aromatic N) is 1. The van der Waals surface area contributed by atoms with Gasteiger partial charge in [-0.3, -0.25) is 0 Å². The van der Waals surface area contributed by atoms with E-state index < -0.39 is 15.6 Å². The van der Waals surface area contributed by atoms with Crippen molar-refractivity contribution < 1.29 is 17.9 Å². The van der Waals surface area contributed by atoms with Gasteiger partial charge in [-0.05, 0) is 39.7 Å². The van der Waals surface area contributed by atoms with Gasteiger partial charge in [0.2, 0.25) is 10.0 Å². The van der Waals surface area contributed by atoms with E-state index >= 15 is 0 Å². The van der Waals surface area contributed by atoms with Crippen LogP contribution in [0.3, 0.4) is 0 Å². The van der Waals surface area contributed by atoms with Crippen LogP contribution in [0, 0.1) is 25.2 Å². The largest absolute Gasteiger partial charge is 0.466 e. The molecule has 0 saturated carbocycles. The van der Waals surface area contributed by atoms with Crippen LogP contribution in [0.25, 0.3) is 0 Å². The molecule has 1 atom stereocenters. The highest BCUT2D eigenvalue weighted by Gasteiger charge is 2.29. The van der Waals surface area contributed by atoms with Gasteiger partial charge >= 0.3 is 0 Å². The van der Waals surface area contributed by atoms with Crippen LogP contribution in [0.2, 0.25) is 0 Å². The van der Waals surface area contributed by atoms with Gasteiger partial charge in [-0.2, -0.15) is 5.26 Å². The topological polar surface area (TPSA) is 103 Å². The van der Waals surface area contributed by atoms with E-state index in [1.54, 1.807) is 26.8 Å². The first-order valence-corrected chi connectivity index (χ1v) is 8.47. The fourth-order valence-electron chi connectivity index (χ4n) is 2.08. The van der Waals surface area contributed by atoms with Gasteiger partial charge in [-0.25, -0.2) is 13.1 Å². The summed E-state index contributed by atoms with van der Waals surface area (Å²) in [5, 5.41) is 18.8. The second-order valence-electron chi connectivity index (χ2n) is 5.36. The molecule has 0 fully saturated rings. The van der Waals surface area contributed by atoms with Gasteiger partial charge in [-0.1, -0.05) is 0 Å². The van der Waals surface area contributed by atoms with E-state index in [1.807, 2.05) is 6.07 Å². The zero-order valence-corrected chi connectivity index (χ0v) is 13.5. The van der Waals surface area contributed by atoms with Crippen molar-refractivity contribution >= 4 is 10.0 Å². The van der Waals surface area contributed by atoms with Crippen molar-refractivity contribution in [3.63, 3.8) is 0 Å². The van der Waals surface area contributed by atoms with Crippen LogP contribution < -0.4 is 4.72 Å². The van der Waals surface area contributed by atoms with Crippen molar-refractivity contribution in [3.8, 4) is 6.07 Å². The van der Waals surface area contributed by atoms with Crippen molar-refractivity contribution in [2.75, 3.05) is 12.3 Å². The van der Waals surface area contributed by atoms with E-state index in [0.29, 0.717) is 36.3 Å². The Bertz CT molecular complexity index is 611. The summed E-state index contributed by atoms with van der Waals surface area (Å²) in [6.07, 6.45) is 1.32. The highest BCUT2D eigenvalue weighted by Crippen LogP contribution is 2.26. The third-order valence-electron chi connectivity index (χ3n) is 3.21. The van der Waals surface area contributed by atoms with Gasteiger partial charge in [0.15, 0.2) is 0 Å². The Morgan fingerprint density at radius 2 is 2.10 bits per heavy atom. The molecule has 118 valence electrons. The quantitative estimate of drug-likeness (QED) is 0.711. The summed E-state index contributed by atoms with van der Waals surface area (Å²) in [6, 6.07) is 3.68. The van der Waals surface area contributed by atoms with Crippen LogP contribution >= 0.6 is 0 Å². The molecule has 21 heavy (non-hydrogen) atoms. The highest BCUT2D eigenvalue weighted by atomic mass is 32.2. The highest BCUT2D eigenvalue weighted by molar-refractivity contribution is 7.89. The summed E-state index contributed by atoms with van der Waals surface area (Å²) in [6.45, 7) is 4.93. The van der Waals surface area contributed by atoms with Crippen molar-refractivity contribution in [1.29, 1.82) is 5.26 Å². The molecule has 0 saturated heterocycles. The van der Waals surface area contributed by atoms with Crippen LogP contribution in [0.4, 0.5) is 0 Å². The Morgan fingerprint density at radius 3 is 2.62 bits per heavy atom. The third-order valence-corrected chi connectivity index (χ3v) is 4.62. The summed E-state index contributed by atoms with van der Waals surface area (Å²) in [5.41, 5.74) is -0.756. The third kappa shape index (κ3) is 5.50. The first kappa shape index (κ1) is 17.7. The molecular weight excluding hydrogens is 292 g/mol. The molecule has 1 aromatic heterocycles. The zero-order chi connectivity index (χ0) is 16.1. The number of aliphatic hydroxyl groups is 1. The molecule has 0 bridgehead atoms. The van der Waals surface area contributed by atoms with Crippen LogP contribution in [0.1, 0.15) is 43.3 Å². The molecule has 0 aliphatic heterocycles. The minimum Gasteiger partial charge on any atom is -0.466 e. The lowest BCUT2D eigenvalue weighted by molar-refractivity contribution is 0.0612. The maximum atomic E-state index is 11.8. The molecule has 7 heteroatoms. The van der Waals surface area contributed by atoms with Gasteiger partial charge in [0.25, 0.3) is 0 Å². The molecule has 0 aliphatic rings. The van der Waals surface area contributed by atoms with Gasteiger partial charge in [-0.15, -0.1) is 0 Å². The number of unbranched alkanes of at least 4 members (excludes halogenated alkanes) is 2. The zero-order valence-electron chi connectivity index (χ0n) is 12.6. The number of hydrogen-bond acceptors (Lipinski definition) is 5. The maximum absolute atomic E-state index is 11.8. The first-order chi connectivity index (χ1) is 9.68. The lowest BCUT2D eigenvalue weighted by Crippen LogP contribution is -2.39. The summed E-state index contributed by atoms with van der Waals surface area (Å²) in [4.78, 5) is 0. The normalized spacial score (nSPS) is 14.6. The van der Waals surface area contributed by atoms with Crippen molar-refractivity contribution in [1.82, 2.24) is 4.72 Å². The molecule has 1 rings (SSSR count). The smallest absolute Gasteiger partial charge is 0.211 e. The number of nitrogens with one attached hydrogen (secondary N) is 1. The monoisotopic (exact) mass is 314 g/mol. The second kappa shape index (κ2) is 7.07. The van der Waals surface area contributed by atoms with Gasteiger partial charge < -0.3 is 9.52 Å². The van der Waals surface area contributed by atoms with E-state index in [-0.39, 0.29) is 12.3 Å². The molecule has 0 amide bonds. The Morgan fingerprint density at radius 1 is 1.43 bits per heavy atom. The van der Waals surface area contributed by atoms with Gasteiger partial charge in [0.1, 0.15) is 17.1 Å². The fraction of sp³-hybridized carbons (Fsp3) is 0.643. The number of furan rings is 1. The van der Waals surface area contributed by atoms with Gasteiger partial charge in [0, 0.05) is 18.5 Å². The minimum absolute atomic E-state index is 0.0475. The summed E-state index contributed by atoms with van der Waals surface area (Å²) < 4.78 is 31.4. The summed E-state index contributed by atoms with van der Waals surface area (Å²) >= 11 is 0. The molecule has 0 spiro atoms. The molecule has 0 aromatic carbocycles. The Balaban J connectivity index is 2.60.